The zero-order valence-electron chi connectivity index (χ0n) is 13.5. The van der Waals surface area contributed by atoms with Gasteiger partial charge in [-0.1, -0.05) is 30.3 Å². The maximum Gasteiger partial charge on any atom is 0.191 e. The molecule has 22 heavy (non-hydrogen) atoms. The van der Waals surface area contributed by atoms with E-state index in [0.717, 1.165) is 37.9 Å². The lowest BCUT2D eigenvalue weighted by atomic mass is 10.0. The number of aliphatic imine (C=N–C) groups is 1. The highest BCUT2D eigenvalue weighted by Gasteiger charge is 2.53. The maximum absolute atomic E-state index is 4.83. The summed E-state index contributed by atoms with van der Waals surface area (Å²) in [6.07, 6.45) is 6.70. The van der Waals surface area contributed by atoms with Crippen molar-refractivity contribution >= 4 is 29.9 Å². The van der Waals surface area contributed by atoms with Crippen LogP contribution in [0, 0.1) is 11.3 Å². The molecule has 2 saturated carbocycles. The Labute approximate surface area is 151 Å². The Balaban J connectivity index is 0.00000176. The standard InChI is InChI=1S/C18H27N3.HI/c1-2-19-17(20-13-10-15-6-4-3-5-7-15)21-14-18(11-12-18)16-8-9-16;/h3-7,16H,2,8-14H2,1H3,(H2,19,20,21);1H. The van der Waals surface area contributed by atoms with Crippen molar-refractivity contribution in [3.05, 3.63) is 35.9 Å². The Morgan fingerprint density at radius 1 is 1.18 bits per heavy atom. The Bertz CT molecular complexity index is 478. The quantitative estimate of drug-likeness (QED) is 0.407. The number of nitrogens with one attached hydrogen (secondary N) is 2. The van der Waals surface area contributed by atoms with Crippen LogP contribution >= 0.6 is 24.0 Å². The minimum Gasteiger partial charge on any atom is -0.357 e. The molecular formula is C18H28IN3. The summed E-state index contributed by atoms with van der Waals surface area (Å²) in [6.45, 7) is 5.00. The fraction of sp³-hybridized carbons (Fsp3) is 0.611. The molecule has 2 fully saturated rings. The summed E-state index contributed by atoms with van der Waals surface area (Å²) in [4.78, 5) is 4.83. The second-order valence-corrected chi connectivity index (χ2v) is 6.49. The third kappa shape index (κ3) is 4.86. The van der Waals surface area contributed by atoms with Gasteiger partial charge in [-0.25, -0.2) is 0 Å². The largest absolute Gasteiger partial charge is 0.357 e. The van der Waals surface area contributed by atoms with Crippen LogP contribution in [-0.2, 0) is 6.42 Å². The maximum atomic E-state index is 4.83. The van der Waals surface area contributed by atoms with E-state index in [2.05, 4.69) is 47.9 Å². The van der Waals surface area contributed by atoms with Gasteiger partial charge in [0.2, 0.25) is 0 Å². The number of halogens is 1. The highest BCUT2D eigenvalue weighted by molar-refractivity contribution is 14.0. The van der Waals surface area contributed by atoms with Crippen LogP contribution < -0.4 is 10.6 Å². The van der Waals surface area contributed by atoms with Crippen LogP contribution in [0.3, 0.4) is 0 Å². The van der Waals surface area contributed by atoms with Gasteiger partial charge in [0.1, 0.15) is 0 Å². The fourth-order valence-corrected chi connectivity index (χ4v) is 3.10. The molecule has 0 heterocycles. The summed E-state index contributed by atoms with van der Waals surface area (Å²) in [5.41, 5.74) is 1.96. The summed E-state index contributed by atoms with van der Waals surface area (Å²) in [7, 11) is 0. The predicted molar refractivity (Wildman–Crippen MR) is 104 cm³/mol. The number of rotatable bonds is 7. The van der Waals surface area contributed by atoms with E-state index in [1.54, 1.807) is 0 Å². The molecule has 122 valence electrons. The summed E-state index contributed by atoms with van der Waals surface area (Å²) in [6, 6.07) is 10.6. The molecule has 0 unspecified atom stereocenters. The minimum absolute atomic E-state index is 0. The molecule has 0 saturated heterocycles. The Kier molecular flexibility index (Phi) is 6.53. The van der Waals surface area contributed by atoms with E-state index in [1.165, 1.54) is 31.2 Å². The van der Waals surface area contributed by atoms with Crippen LogP contribution in [0.25, 0.3) is 0 Å². The molecule has 2 N–H and O–H groups in total. The average Bonchev–Trinajstić information content (AvgIpc) is 3.39. The number of nitrogens with zero attached hydrogens (tertiary/aromatic N) is 1. The van der Waals surface area contributed by atoms with Gasteiger partial charge in [-0.05, 0) is 55.9 Å². The molecule has 1 aromatic rings. The van der Waals surface area contributed by atoms with E-state index in [1.807, 2.05) is 0 Å². The summed E-state index contributed by atoms with van der Waals surface area (Å²) in [5.74, 6) is 1.97. The van der Waals surface area contributed by atoms with Crippen LogP contribution in [-0.4, -0.2) is 25.6 Å². The SMILES string of the molecule is CCNC(=NCC1(C2CC2)CC1)NCCc1ccccc1.I. The second-order valence-electron chi connectivity index (χ2n) is 6.49. The molecule has 3 rings (SSSR count). The van der Waals surface area contributed by atoms with E-state index in [4.69, 9.17) is 4.99 Å². The average molecular weight is 413 g/mol. The molecule has 0 aromatic heterocycles. The first kappa shape index (κ1) is 17.6. The molecule has 0 aliphatic heterocycles. The zero-order valence-corrected chi connectivity index (χ0v) is 15.8. The van der Waals surface area contributed by atoms with Gasteiger partial charge in [0, 0.05) is 19.6 Å². The number of benzene rings is 1. The van der Waals surface area contributed by atoms with Crippen LogP contribution in [0.4, 0.5) is 0 Å². The zero-order chi connectivity index (χ0) is 14.5. The second kappa shape index (κ2) is 8.18. The first-order valence-electron chi connectivity index (χ1n) is 8.38. The Hall–Kier alpha value is -0.780. The molecule has 0 atom stereocenters. The molecule has 0 spiro atoms. The molecule has 0 radical (unpaired) electrons. The van der Waals surface area contributed by atoms with Gasteiger partial charge in [0.05, 0.1) is 0 Å². The highest BCUT2D eigenvalue weighted by Crippen LogP contribution is 2.61. The lowest BCUT2D eigenvalue weighted by Gasteiger charge is -2.15. The van der Waals surface area contributed by atoms with Crippen LogP contribution in [0.2, 0.25) is 0 Å². The van der Waals surface area contributed by atoms with E-state index >= 15 is 0 Å². The van der Waals surface area contributed by atoms with Crippen LogP contribution in [0.15, 0.2) is 35.3 Å². The monoisotopic (exact) mass is 413 g/mol. The smallest absolute Gasteiger partial charge is 0.191 e. The number of guanidine groups is 1. The van der Waals surface area contributed by atoms with Gasteiger partial charge in [-0.2, -0.15) is 0 Å². The van der Waals surface area contributed by atoms with Crippen molar-refractivity contribution in [1.29, 1.82) is 0 Å². The van der Waals surface area contributed by atoms with Gasteiger partial charge >= 0.3 is 0 Å². The molecule has 1 aromatic carbocycles. The summed E-state index contributed by atoms with van der Waals surface area (Å²) in [5, 5.41) is 6.84. The van der Waals surface area contributed by atoms with E-state index in [0.29, 0.717) is 5.41 Å². The number of hydrogen-bond acceptors (Lipinski definition) is 1. The van der Waals surface area contributed by atoms with Crippen molar-refractivity contribution in [3.8, 4) is 0 Å². The van der Waals surface area contributed by atoms with Crippen LogP contribution in [0.5, 0.6) is 0 Å². The molecule has 0 amide bonds. The molecule has 3 nitrogen and oxygen atoms in total. The fourth-order valence-electron chi connectivity index (χ4n) is 3.10. The molecule has 2 aliphatic carbocycles. The minimum atomic E-state index is 0. The Morgan fingerprint density at radius 2 is 1.91 bits per heavy atom. The summed E-state index contributed by atoms with van der Waals surface area (Å²) >= 11 is 0. The van der Waals surface area contributed by atoms with Crippen molar-refractivity contribution in [1.82, 2.24) is 10.6 Å². The van der Waals surface area contributed by atoms with Gasteiger partial charge in [0.15, 0.2) is 5.96 Å². The van der Waals surface area contributed by atoms with Crippen molar-refractivity contribution < 1.29 is 0 Å². The van der Waals surface area contributed by atoms with Crippen molar-refractivity contribution in [2.75, 3.05) is 19.6 Å². The van der Waals surface area contributed by atoms with Crippen molar-refractivity contribution in [2.24, 2.45) is 16.3 Å². The third-order valence-electron chi connectivity index (χ3n) is 4.78. The number of hydrogen-bond donors (Lipinski definition) is 2. The molecule has 2 aliphatic rings. The predicted octanol–water partition coefficient (Wildman–Crippen LogP) is 3.59. The van der Waals surface area contributed by atoms with Crippen molar-refractivity contribution in [2.45, 2.75) is 39.0 Å². The normalized spacial score (nSPS) is 19.2. The first-order chi connectivity index (χ1) is 10.3. The molecule has 0 bridgehead atoms. The topological polar surface area (TPSA) is 36.4 Å². The molecular weight excluding hydrogens is 385 g/mol. The Morgan fingerprint density at radius 3 is 2.50 bits per heavy atom. The first-order valence-corrected chi connectivity index (χ1v) is 8.38. The lowest BCUT2D eigenvalue weighted by molar-refractivity contribution is 0.452. The van der Waals surface area contributed by atoms with Crippen molar-refractivity contribution in [3.63, 3.8) is 0 Å². The van der Waals surface area contributed by atoms with E-state index in [9.17, 15) is 0 Å². The van der Waals surface area contributed by atoms with E-state index in [-0.39, 0.29) is 24.0 Å². The molecule has 4 heteroatoms. The van der Waals surface area contributed by atoms with E-state index < -0.39 is 0 Å². The highest BCUT2D eigenvalue weighted by atomic mass is 127. The van der Waals surface area contributed by atoms with Gasteiger partial charge in [-0.15, -0.1) is 24.0 Å². The van der Waals surface area contributed by atoms with Gasteiger partial charge in [-0.3, -0.25) is 4.99 Å². The van der Waals surface area contributed by atoms with Gasteiger partial charge < -0.3 is 10.6 Å². The van der Waals surface area contributed by atoms with Gasteiger partial charge in [0.25, 0.3) is 0 Å². The third-order valence-corrected chi connectivity index (χ3v) is 4.78. The lowest BCUT2D eigenvalue weighted by Crippen LogP contribution is -2.38. The summed E-state index contributed by atoms with van der Waals surface area (Å²) < 4.78 is 0. The van der Waals surface area contributed by atoms with Crippen LogP contribution in [0.1, 0.15) is 38.2 Å².